The molecule has 0 heterocycles. The molecule has 1 rings (SSSR count). The molecule has 0 aliphatic carbocycles. The molecule has 0 spiro atoms. The molecule has 0 fully saturated rings. The van der Waals surface area contributed by atoms with E-state index in [1.807, 2.05) is 0 Å². The molecule has 1 aromatic carbocycles. The number of aliphatic hydroxyl groups is 2. The van der Waals surface area contributed by atoms with Crippen LogP contribution in [0.1, 0.15) is 22.8 Å². The first-order chi connectivity index (χ1) is 7.17. The number of carbonyl (C=O) groups is 1. The first kappa shape index (κ1) is 11.7. The van der Waals surface area contributed by atoms with Gasteiger partial charge in [-0.25, -0.2) is 0 Å². The van der Waals surface area contributed by atoms with Gasteiger partial charge in [0.1, 0.15) is 0 Å². The molecule has 82 valence electrons. The molecule has 1 aromatic rings. The van der Waals surface area contributed by atoms with Gasteiger partial charge in [0.2, 0.25) is 0 Å². The van der Waals surface area contributed by atoms with Gasteiger partial charge in [0.05, 0.1) is 13.2 Å². The lowest BCUT2D eigenvalue weighted by Crippen LogP contribution is -2.34. The quantitative estimate of drug-likeness (QED) is 0.667. The van der Waals surface area contributed by atoms with Crippen LogP contribution >= 0.6 is 0 Å². The molecule has 0 aliphatic rings. The van der Waals surface area contributed by atoms with Crippen molar-refractivity contribution in [1.29, 1.82) is 0 Å². The van der Waals surface area contributed by atoms with Crippen molar-refractivity contribution in [2.45, 2.75) is 19.6 Å². The highest BCUT2D eigenvalue weighted by Gasteiger charge is 2.08. The molecule has 4 heteroatoms. The maximum atomic E-state index is 11.5. The molecule has 0 unspecified atom stereocenters. The highest BCUT2D eigenvalue weighted by molar-refractivity contribution is 5.94. The number of benzene rings is 1. The van der Waals surface area contributed by atoms with Gasteiger partial charge in [-0.3, -0.25) is 4.79 Å². The average Bonchev–Trinajstić information content (AvgIpc) is 2.29. The summed E-state index contributed by atoms with van der Waals surface area (Å²) in [4.78, 5) is 11.5. The third-order valence-corrected chi connectivity index (χ3v) is 2.05. The lowest BCUT2D eigenvalue weighted by Gasteiger charge is -2.10. The van der Waals surface area contributed by atoms with E-state index in [2.05, 4.69) is 5.32 Å². The van der Waals surface area contributed by atoms with Gasteiger partial charge in [-0.2, -0.15) is 0 Å². The summed E-state index contributed by atoms with van der Waals surface area (Å²) < 4.78 is 0. The van der Waals surface area contributed by atoms with Gasteiger partial charge < -0.3 is 15.5 Å². The van der Waals surface area contributed by atoms with Crippen molar-refractivity contribution in [3.8, 4) is 0 Å². The second-order valence-corrected chi connectivity index (χ2v) is 3.41. The lowest BCUT2D eigenvalue weighted by atomic mass is 10.1. The first-order valence-electron chi connectivity index (χ1n) is 4.79. The van der Waals surface area contributed by atoms with Crippen LogP contribution in [0.3, 0.4) is 0 Å². The van der Waals surface area contributed by atoms with Gasteiger partial charge in [-0.05, 0) is 24.6 Å². The lowest BCUT2D eigenvalue weighted by molar-refractivity contribution is 0.0922. The van der Waals surface area contributed by atoms with E-state index in [1.54, 1.807) is 31.2 Å². The standard InChI is InChI=1S/C11H15NO3/c1-8(6-13)12-11(15)10-4-2-9(7-14)3-5-10/h2-5,8,13-14H,6-7H2,1H3,(H,12,15)/t8-/m1/s1. The van der Waals surface area contributed by atoms with Crippen LogP contribution in [0.15, 0.2) is 24.3 Å². The number of nitrogens with one attached hydrogen (secondary N) is 1. The van der Waals surface area contributed by atoms with Crippen molar-refractivity contribution in [3.05, 3.63) is 35.4 Å². The minimum atomic E-state index is -0.255. The van der Waals surface area contributed by atoms with E-state index in [1.165, 1.54) is 0 Å². The van der Waals surface area contributed by atoms with Gasteiger partial charge in [0, 0.05) is 11.6 Å². The zero-order valence-corrected chi connectivity index (χ0v) is 8.60. The molecular formula is C11H15NO3. The second-order valence-electron chi connectivity index (χ2n) is 3.41. The number of hydrogen-bond acceptors (Lipinski definition) is 3. The van der Waals surface area contributed by atoms with E-state index in [9.17, 15) is 4.79 Å². The summed E-state index contributed by atoms with van der Waals surface area (Å²) in [7, 11) is 0. The fourth-order valence-electron chi connectivity index (χ4n) is 1.11. The molecule has 15 heavy (non-hydrogen) atoms. The third kappa shape index (κ3) is 3.34. The van der Waals surface area contributed by atoms with Crippen LogP contribution in [0, 0.1) is 0 Å². The summed E-state index contributed by atoms with van der Waals surface area (Å²) in [5.41, 5.74) is 1.29. The van der Waals surface area contributed by atoms with Crippen molar-refractivity contribution < 1.29 is 15.0 Å². The highest BCUT2D eigenvalue weighted by Crippen LogP contribution is 2.04. The Morgan fingerprint density at radius 1 is 1.33 bits per heavy atom. The van der Waals surface area contributed by atoms with E-state index in [0.29, 0.717) is 5.56 Å². The molecule has 0 aliphatic heterocycles. The molecule has 1 amide bonds. The Morgan fingerprint density at radius 3 is 2.40 bits per heavy atom. The summed E-state index contributed by atoms with van der Waals surface area (Å²) in [6.07, 6.45) is 0. The predicted octanol–water partition coefficient (Wildman–Crippen LogP) is 0.290. The van der Waals surface area contributed by atoms with Crippen LogP contribution in [0.2, 0.25) is 0 Å². The van der Waals surface area contributed by atoms with Crippen LogP contribution < -0.4 is 5.32 Å². The number of amides is 1. The van der Waals surface area contributed by atoms with E-state index < -0.39 is 0 Å². The molecular weight excluding hydrogens is 194 g/mol. The number of rotatable bonds is 4. The first-order valence-corrected chi connectivity index (χ1v) is 4.79. The van der Waals surface area contributed by atoms with Gasteiger partial charge in [0.15, 0.2) is 0 Å². The Kier molecular flexibility index (Phi) is 4.27. The largest absolute Gasteiger partial charge is 0.394 e. The van der Waals surface area contributed by atoms with Gasteiger partial charge in [0.25, 0.3) is 5.91 Å². The Morgan fingerprint density at radius 2 is 1.93 bits per heavy atom. The minimum Gasteiger partial charge on any atom is -0.394 e. The molecule has 1 atom stereocenters. The SMILES string of the molecule is C[C@H](CO)NC(=O)c1ccc(CO)cc1. The van der Waals surface area contributed by atoms with Crippen molar-refractivity contribution in [2.24, 2.45) is 0 Å². The molecule has 3 N–H and O–H groups in total. The fourth-order valence-corrected chi connectivity index (χ4v) is 1.11. The van der Waals surface area contributed by atoms with Crippen LogP contribution in [0.4, 0.5) is 0 Å². The van der Waals surface area contributed by atoms with Crippen LogP contribution in [0.5, 0.6) is 0 Å². The molecule has 0 aromatic heterocycles. The van der Waals surface area contributed by atoms with E-state index in [4.69, 9.17) is 10.2 Å². The van der Waals surface area contributed by atoms with Gasteiger partial charge in [-0.1, -0.05) is 12.1 Å². The summed E-state index contributed by atoms with van der Waals surface area (Å²) >= 11 is 0. The summed E-state index contributed by atoms with van der Waals surface area (Å²) in [5, 5.41) is 20.2. The smallest absolute Gasteiger partial charge is 0.251 e. The molecule has 0 radical (unpaired) electrons. The molecule has 4 nitrogen and oxygen atoms in total. The average molecular weight is 209 g/mol. The van der Waals surface area contributed by atoms with Crippen molar-refractivity contribution in [3.63, 3.8) is 0 Å². The van der Waals surface area contributed by atoms with Gasteiger partial charge >= 0.3 is 0 Å². The summed E-state index contributed by atoms with van der Waals surface area (Å²) in [5.74, 6) is -0.221. The molecule has 0 saturated carbocycles. The van der Waals surface area contributed by atoms with Crippen LogP contribution in [-0.2, 0) is 6.61 Å². The number of aliphatic hydroxyl groups excluding tert-OH is 2. The zero-order valence-electron chi connectivity index (χ0n) is 8.60. The predicted molar refractivity (Wildman–Crippen MR) is 56.4 cm³/mol. The Balaban J connectivity index is 2.66. The maximum Gasteiger partial charge on any atom is 0.251 e. The highest BCUT2D eigenvalue weighted by atomic mass is 16.3. The maximum absolute atomic E-state index is 11.5. The number of carbonyl (C=O) groups excluding carboxylic acids is 1. The Bertz CT molecular complexity index is 321. The fraction of sp³-hybridized carbons (Fsp3) is 0.364. The zero-order chi connectivity index (χ0) is 11.3. The van der Waals surface area contributed by atoms with Crippen LogP contribution in [0.25, 0.3) is 0 Å². The monoisotopic (exact) mass is 209 g/mol. The number of hydrogen-bond donors (Lipinski definition) is 3. The Hall–Kier alpha value is -1.39. The van der Waals surface area contributed by atoms with E-state index in [0.717, 1.165) is 5.56 Å². The molecule has 0 bridgehead atoms. The normalized spacial score (nSPS) is 12.2. The van der Waals surface area contributed by atoms with Crippen molar-refractivity contribution in [1.82, 2.24) is 5.32 Å². The van der Waals surface area contributed by atoms with Crippen LogP contribution in [-0.4, -0.2) is 28.8 Å². The minimum absolute atomic E-state index is 0.0328. The summed E-state index contributed by atoms with van der Waals surface area (Å²) in [6, 6.07) is 6.42. The second kappa shape index (κ2) is 5.48. The van der Waals surface area contributed by atoms with Crippen molar-refractivity contribution >= 4 is 5.91 Å². The van der Waals surface area contributed by atoms with Crippen molar-refractivity contribution in [2.75, 3.05) is 6.61 Å². The van der Waals surface area contributed by atoms with E-state index in [-0.39, 0.29) is 25.2 Å². The van der Waals surface area contributed by atoms with E-state index >= 15 is 0 Å². The third-order valence-electron chi connectivity index (χ3n) is 2.05. The Labute approximate surface area is 88.6 Å². The topological polar surface area (TPSA) is 69.6 Å². The molecule has 0 saturated heterocycles. The summed E-state index contributed by atoms with van der Waals surface area (Å²) in [6.45, 7) is 1.61. The van der Waals surface area contributed by atoms with Gasteiger partial charge in [-0.15, -0.1) is 0 Å².